The summed E-state index contributed by atoms with van der Waals surface area (Å²) in [7, 11) is 0. The van der Waals surface area contributed by atoms with E-state index in [0.717, 1.165) is 0 Å². The van der Waals surface area contributed by atoms with Crippen molar-refractivity contribution in [3.8, 4) is 11.5 Å². The van der Waals surface area contributed by atoms with E-state index < -0.39 is 0 Å². The number of hydrogen-bond acceptors (Lipinski definition) is 7. The number of rotatable bonds is 6. The number of aryl methyl sites for hydroxylation is 1. The molecule has 1 aromatic carbocycles. The van der Waals surface area contributed by atoms with Crippen molar-refractivity contribution in [3.05, 3.63) is 63.5 Å². The van der Waals surface area contributed by atoms with Gasteiger partial charge in [-0.05, 0) is 24.6 Å². The first-order valence-electron chi connectivity index (χ1n) is 9.21. The Morgan fingerprint density at radius 3 is 2.73 bits per heavy atom. The molecule has 2 amide bonds. The molecule has 154 valence electrons. The zero-order valence-electron chi connectivity index (χ0n) is 15.8. The van der Waals surface area contributed by atoms with Crippen molar-refractivity contribution in [2.75, 3.05) is 23.8 Å². The highest BCUT2D eigenvalue weighted by Gasteiger charge is 2.14. The van der Waals surface area contributed by atoms with Crippen LogP contribution < -0.4 is 25.7 Å². The summed E-state index contributed by atoms with van der Waals surface area (Å²) in [6.45, 7) is 0.995. The molecule has 0 atom stereocenters. The van der Waals surface area contributed by atoms with E-state index in [1.165, 1.54) is 29.7 Å². The lowest BCUT2D eigenvalue weighted by molar-refractivity contribution is -0.116. The molecule has 0 unspecified atom stereocenters. The molecular formula is C20H18N4O5S. The first-order chi connectivity index (χ1) is 14.6. The van der Waals surface area contributed by atoms with E-state index in [0.29, 0.717) is 53.2 Å². The second kappa shape index (κ2) is 8.78. The summed E-state index contributed by atoms with van der Waals surface area (Å²) in [5, 5.41) is 7.72. The minimum Gasteiger partial charge on any atom is -0.486 e. The number of anilines is 2. The third-order valence-electron chi connectivity index (χ3n) is 4.25. The average molecular weight is 426 g/mol. The number of nitrogens with one attached hydrogen (secondary N) is 3. The van der Waals surface area contributed by atoms with Crippen LogP contribution in [-0.4, -0.2) is 35.0 Å². The number of thiazole rings is 1. The van der Waals surface area contributed by atoms with Gasteiger partial charge in [0, 0.05) is 35.8 Å². The van der Waals surface area contributed by atoms with Crippen LogP contribution in [0.3, 0.4) is 0 Å². The number of benzene rings is 1. The molecule has 0 fully saturated rings. The van der Waals surface area contributed by atoms with Gasteiger partial charge in [-0.2, -0.15) is 0 Å². The molecule has 0 saturated heterocycles. The van der Waals surface area contributed by atoms with Crippen LogP contribution in [0.2, 0.25) is 0 Å². The van der Waals surface area contributed by atoms with Crippen molar-refractivity contribution < 1.29 is 19.1 Å². The number of hydrogen-bond donors (Lipinski definition) is 3. The van der Waals surface area contributed by atoms with Crippen molar-refractivity contribution in [1.29, 1.82) is 0 Å². The van der Waals surface area contributed by atoms with Gasteiger partial charge in [0.1, 0.15) is 13.2 Å². The number of amides is 2. The standard InChI is InChI=1S/C20H18N4O5S/c25-17-5-1-12(10-21-17)19(27)24-20-23-14(11-30-20)3-6-18(26)22-13-2-4-15-16(9-13)29-8-7-28-15/h1-2,4-5,9-11H,3,6-8H2,(H,21,25)(H,22,26)(H,23,24,27). The number of carbonyl (C=O) groups is 2. The fraction of sp³-hybridized carbons (Fsp3) is 0.200. The quantitative estimate of drug-likeness (QED) is 0.556. The fourth-order valence-electron chi connectivity index (χ4n) is 2.79. The van der Waals surface area contributed by atoms with Crippen molar-refractivity contribution in [2.24, 2.45) is 0 Å². The summed E-state index contributed by atoms with van der Waals surface area (Å²) in [4.78, 5) is 42.2. The van der Waals surface area contributed by atoms with Gasteiger partial charge in [0.2, 0.25) is 11.5 Å². The van der Waals surface area contributed by atoms with Crippen LogP contribution >= 0.6 is 11.3 Å². The molecular weight excluding hydrogens is 408 g/mol. The molecule has 0 aliphatic carbocycles. The van der Waals surface area contributed by atoms with E-state index >= 15 is 0 Å². The number of aromatic nitrogens is 2. The third-order valence-corrected chi connectivity index (χ3v) is 5.06. The molecule has 0 saturated carbocycles. The highest BCUT2D eigenvalue weighted by atomic mass is 32.1. The Morgan fingerprint density at radius 2 is 1.93 bits per heavy atom. The lowest BCUT2D eigenvalue weighted by Crippen LogP contribution is -2.16. The molecule has 0 bridgehead atoms. The molecule has 9 nitrogen and oxygen atoms in total. The number of aromatic amines is 1. The van der Waals surface area contributed by atoms with Crippen LogP contribution in [-0.2, 0) is 11.2 Å². The lowest BCUT2D eigenvalue weighted by Gasteiger charge is -2.19. The predicted molar refractivity (Wildman–Crippen MR) is 112 cm³/mol. The van der Waals surface area contributed by atoms with Crippen LogP contribution in [0.15, 0.2) is 46.7 Å². The molecule has 0 spiro atoms. The van der Waals surface area contributed by atoms with Crippen LogP contribution in [0.5, 0.6) is 11.5 Å². The summed E-state index contributed by atoms with van der Waals surface area (Å²) in [6.07, 6.45) is 2.02. The van der Waals surface area contributed by atoms with E-state index in [1.54, 1.807) is 23.6 Å². The fourth-order valence-corrected chi connectivity index (χ4v) is 3.53. The molecule has 3 aromatic rings. The predicted octanol–water partition coefficient (Wildman–Crippen LogP) is 2.43. The molecule has 1 aliphatic rings. The minimum absolute atomic E-state index is 0.154. The van der Waals surface area contributed by atoms with Crippen molar-refractivity contribution in [2.45, 2.75) is 12.8 Å². The van der Waals surface area contributed by atoms with Gasteiger partial charge in [0.15, 0.2) is 16.6 Å². The molecule has 3 N–H and O–H groups in total. The Labute approximate surface area is 175 Å². The summed E-state index contributed by atoms with van der Waals surface area (Å²) in [5.74, 6) is 0.751. The third kappa shape index (κ3) is 4.84. The van der Waals surface area contributed by atoms with E-state index in [1.807, 2.05) is 0 Å². The van der Waals surface area contributed by atoms with Crippen LogP contribution in [0.1, 0.15) is 22.5 Å². The zero-order chi connectivity index (χ0) is 20.9. The normalized spacial score (nSPS) is 12.3. The Kier molecular flexibility index (Phi) is 5.75. The number of H-pyrrole nitrogens is 1. The number of pyridine rings is 1. The summed E-state index contributed by atoms with van der Waals surface area (Å²) in [5.41, 5.74) is 1.38. The zero-order valence-corrected chi connectivity index (χ0v) is 16.6. The summed E-state index contributed by atoms with van der Waals surface area (Å²) >= 11 is 1.27. The Morgan fingerprint density at radius 1 is 1.10 bits per heavy atom. The number of nitrogens with zero attached hydrogens (tertiary/aromatic N) is 1. The highest BCUT2D eigenvalue weighted by Crippen LogP contribution is 2.32. The van der Waals surface area contributed by atoms with Gasteiger partial charge < -0.3 is 19.8 Å². The van der Waals surface area contributed by atoms with Gasteiger partial charge in [0.25, 0.3) is 5.91 Å². The smallest absolute Gasteiger partial charge is 0.258 e. The van der Waals surface area contributed by atoms with Crippen molar-refractivity contribution in [1.82, 2.24) is 9.97 Å². The van der Waals surface area contributed by atoms with Crippen molar-refractivity contribution >= 4 is 34.0 Å². The van der Waals surface area contributed by atoms with Gasteiger partial charge >= 0.3 is 0 Å². The first kappa shape index (κ1) is 19.6. The van der Waals surface area contributed by atoms with E-state index in [2.05, 4.69) is 20.6 Å². The van der Waals surface area contributed by atoms with E-state index in [9.17, 15) is 14.4 Å². The Bertz CT molecular complexity index is 1120. The molecule has 3 heterocycles. The monoisotopic (exact) mass is 426 g/mol. The maximum atomic E-state index is 12.2. The SMILES string of the molecule is O=C(CCc1csc(NC(=O)c2ccc(=O)[nH]c2)n1)Nc1ccc2c(c1)OCCO2. The number of fused-ring (bicyclic) bond motifs is 1. The molecule has 30 heavy (non-hydrogen) atoms. The molecule has 0 radical (unpaired) electrons. The largest absolute Gasteiger partial charge is 0.486 e. The van der Waals surface area contributed by atoms with Gasteiger partial charge in [-0.25, -0.2) is 4.98 Å². The van der Waals surface area contributed by atoms with Gasteiger partial charge in [-0.3, -0.25) is 19.7 Å². The second-order valence-electron chi connectivity index (χ2n) is 6.45. The van der Waals surface area contributed by atoms with Gasteiger partial charge in [0.05, 0.1) is 11.3 Å². The van der Waals surface area contributed by atoms with E-state index in [-0.39, 0.29) is 23.8 Å². The molecule has 4 rings (SSSR count). The lowest BCUT2D eigenvalue weighted by atomic mass is 10.2. The first-order valence-corrected chi connectivity index (χ1v) is 10.1. The van der Waals surface area contributed by atoms with Crippen LogP contribution in [0.25, 0.3) is 0 Å². The second-order valence-corrected chi connectivity index (χ2v) is 7.30. The van der Waals surface area contributed by atoms with Crippen LogP contribution in [0, 0.1) is 0 Å². The average Bonchev–Trinajstić information content (AvgIpc) is 3.20. The van der Waals surface area contributed by atoms with Crippen molar-refractivity contribution in [3.63, 3.8) is 0 Å². The number of carbonyl (C=O) groups excluding carboxylic acids is 2. The summed E-state index contributed by atoms with van der Waals surface area (Å²) < 4.78 is 11.0. The molecule has 2 aromatic heterocycles. The molecule has 10 heteroatoms. The number of ether oxygens (including phenoxy) is 2. The van der Waals surface area contributed by atoms with Gasteiger partial charge in [-0.15, -0.1) is 11.3 Å². The Balaban J connectivity index is 1.28. The van der Waals surface area contributed by atoms with E-state index in [4.69, 9.17) is 9.47 Å². The Hall–Kier alpha value is -3.66. The maximum Gasteiger partial charge on any atom is 0.258 e. The highest BCUT2D eigenvalue weighted by molar-refractivity contribution is 7.14. The van der Waals surface area contributed by atoms with Crippen LogP contribution in [0.4, 0.5) is 10.8 Å². The minimum atomic E-state index is -0.372. The molecule has 1 aliphatic heterocycles. The maximum absolute atomic E-state index is 12.2. The summed E-state index contributed by atoms with van der Waals surface area (Å²) in [6, 6.07) is 7.98. The topological polar surface area (TPSA) is 122 Å². The van der Waals surface area contributed by atoms with Gasteiger partial charge in [-0.1, -0.05) is 0 Å².